The van der Waals surface area contributed by atoms with Gasteiger partial charge in [0.15, 0.2) is 28.7 Å². The highest BCUT2D eigenvalue weighted by Crippen LogP contribution is 2.37. The zero-order chi connectivity index (χ0) is 46.5. The third kappa shape index (κ3) is 14.2. The Morgan fingerprint density at radius 1 is 0.547 bits per heavy atom. The van der Waals surface area contributed by atoms with E-state index in [2.05, 4.69) is 16.0 Å². The first-order valence-corrected chi connectivity index (χ1v) is 20.8. The number of carbonyl (C=O) groups is 3. The van der Waals surface area contributed by atoms with Crippen molar-refractivity contribution >= 4 is 110 Å². The summed E-state index contributed by atoms with van der Waals surface area (Å²) in [5, 5.41) is 47.5. The number of nitrogens with one attached hydrogen (secondary N) is 3. The first-order chi connectivity index (χ1) is 30.5. The van der Waals surface area contributed by atoms with E-state index < -0.39 is 10.8 Å². The van der Waals surface area contributed by atoms with Crippen molar-refractivity contribution in [1.82, 2.24) is 0 Å². The molecule has 1 aliphatic heterocycles. The molecule has 7 rings (SSSR count). The first-order valence-electron chi connectivity index (χ1n) is 18.6. The Morgan fingerprint density at radius 3 is 1.48 bits per heavy atom. The van der Waals surface area contributed by atoms with Gasteiger partial charge in [-0.05, 0) is 66.1 Å². The predicted octanol–water partition coefficient (Wildman–Crippen LogP) is 11.7. The average molecular weight is 991 g/mol. The summed E-state index contributed by atoms with van der Waals surface area (Å²) >= 11 is 34.7. The molecule has 0 fully saturated rings. The first kappa shape index (κ1) is 48.9. The minimum absolute atomic E-state index is 0.00603. The van der Waals surface area contributed by atoms with Crippen molar-refractivity contribution in [2.75, 3.05) is 22.7 Å². The molecule has 0 unspecified atom stereocenters. The smallest absolute Gasteiger partial charge is 0.273 e. The molecule has 20 heteroatoms. The van der Waals surface area contributed by atoms with Crippen LogP contribution in [-0.4, -0.2) is 44.8 Å². The molecule has 6 aromatic carbocycles. The lowest BCUT2D eigenvalue weighted by atomic mass is 10.1. The Morgan fingerprint density at radius 2 is 0.984 bits per heavy atom. The van der Waals surface area contributed by atoms with Crippen LogP contribution in [0.15, 0.2) is 109 Å². The number of rotatable bonds is 11. The Hall–Kier alpha value is -6.13. The van der Waals surface area contributed by atoms with Crippen molar-refractivity contribution in [3.63, 3.8) is 0 Å². The highest BCUT2D eigenvalue weighted by molar-refractivity contribution is 6.39. The number of halogens is 6. The van der Waals surface area contributed by atoms with Crippen LogP contribution in [0, 0.1) is 10.1 Å². The maximum absolute atomic E-state index is 12.1. The standard InChI is InChI=1S/C15H11Cl2NO4.C15H13Cl2NO2.C14H10Cl2N2O4/c16-10-5-9(6-11(17)15(10)20)18-14(19)4-8-1-2-12-13(3-8)22-7-21-12;16-12-8-11(9-13(17)15(12)20)18-14(19)7-6-10-4-2-1-3-5-10;15-10-6-9(7-11(16)14(10)20)17-13(19)5-8-3-1-2-4-12(8)18(21)22/h1-3,5-6,20H,4,7H2,(H,18,19);1-5,8-9,20H,6-7H2,(H,18,19);1-4,6-7,20H,5H2,(H,17,19). The van der Waals surface area contributed by atoms with E-state index in [1.165, 1.54) is 54.6 Å². The molecule has 3 amide bonds. The maximum atomic E-state index is 12.1. The lowest BCUT2D eigenvalue weighted by Gasteiger charge is -2.08. The summed E-state index contributed by atoms with van der Waals surface area (Å²) in [5.74, 6) is -0.217. The minimum Gasteiger partial charge on any atom is -0.505 e. The molecule has 0 bridgehead atoms. The summed E-state index contributed by atoms with van der Waals surface area (Å²) in [5.41, 5.74) is 3.23. The molecule has 14 nitrogen and oxygen atoms in total. The van der Waals surface area contributed by atoms with Crippen LogP contribution in [0.2, 0.25) is 30.1 Å². The van der Waals surface area contributed by atoms with Gasteiger partial charge < -0.3 is 40.7 Å². The molecule has 0 saturated carbocycles. The van der Waals surface area contributed by atoms with Gasteiger partial charge in [0, 0.05) is 35.1 Å². The zero-order valence-electron chi connectivity index (χ0n) is 32.8. The molecule has 1 aliphatic rings. The second-order valence-corrected chi connectivity index (χ2v) is 15.9. The quantitative estimate of drug-likeness (QED) is 0.0411. The third-order valence-corrected chi connectivity index (χ3v) is 10.5. The summed E-state index contributed by atoms with van der Waals surface area (Å²) in [6, 6.07) is 29.5. The molecule has 0 aromatic heterocycles. The van der Waals surface area contributed by atoms with Gasteiger partial charge in [-0.3, -0.25) is 24.5 Å². The molecule has 0 atom stereocenters. The topological polar surface area (TPSA) is 210 Å². The Balaban J connectivity index is 0.000000181. The van der Waals surface area contributed by atoms with Gasteiger partial charge in [0.1, 0.15) is 0 Å². The van der Waals surface area contributed by atoms with E-state index in [-0.39, 0.29) is 90.2 Å². The van der Waals surface area contributed by atoms with Crippen molar-refractivity contribution in [1.29, 1.82) is 0 Å². The molecule has 0 spiro atoms. The molecular weight excluding hydrogens is 957 g/mol. The maximum Gasteiger partial charge on any atom is 0.273 e. The second-order valence-electron chi connectivity index (χ2n) is 13.4. The number of fused-ring (bicyclic) bond motifs is 1. The predicted molar refractivity (Wildman–Crippen MR) is 248 cm³/mol. The van der Waals surface area contributed by atoms with Crippen LogP contribution in [0.3, 0.4) is 0 Å². The van der Waals surface area contributed by atoms with Gasteiger partial charge in [0.05, 0.1) is 47.9 Å². The van der Waals surface area contributed by atoms with Gasteiger partial charge in [-0.25, -0.2) is 0 Å². The number of hydrogen-bond acceptors (Lipinski definition) is 10. The number of para-hydroxylation sites is 1. The van der Waals surface area contributed by atoms with Crippen LogP contribution >= 0.6 is 69.6 Å². The number of hydrogen-bond donors (Lipinski definition) is 6. The second kappa shape index (κ2) is 23.0. The van der Waals surface area contributed by atoms with Gasteiger partial charge in [-0.1, -0.05) is 124 Å². The molecule has 0 radical (unpaired) electrons. The van der Waals surface area contributed by atoms with Crippen molar-refractivity contribution in [2.24, 2.45) is 0 Å². The number of nitro groups is 1. The van der Waals surface area contributed by atoms with E-state index in [4.69, 9.17) is 79.1 Å². The van der Waals surface area contributed by atoms with E-state index in [1.54, 1.807) is 24.3 Å². The van der Waals surface area contributed by atoms with Gasteiger partial charge in [-0.2, -0.15) is 0 Å². The van der Waals surface area contributed by atoms with Gasteiger partial charge in [0.2, 0.25) is 24.5 Å². The number of aryl methyl sites for hydroxylation is 1. The molecule has 6 aromatic rings. The third-order valence-electron chi connectivity index (χ3n) is 8.73. The van der Waals surface area contributed by atoms with Gasteiger partial charge in [-0.15, -0.1) is 0 Å². The largest absolute Gasteiger partial charge is 0.505 e. The number of anilines is 3. The summed E-state index contributed by atoms with van der Waals surface area (Å²) in [6.07, 6.45) is 1.01. The van der Waals surface area contributed by atoms with Crippen molar-refractivity contribution < 1.29 is 44.1 Å². The molecule has 0 aliphatic carbocycles. The minimum atomic E-state index is -0.545. The summed E-state index contributed by atoms with van der Waals surface area (Å²) in [6.45, 7) is 0.190. The highest BCUT2D eigenvalue weighted by Gasteiger charge is 2.18. The van der Waals surface area contributed by atoms with Crippen molar-refractivity contribution in [3.05, 3.63) is 166 Å². The van der Waals surface area contributed by atoms with E-state index >= 15 is 0 Å². The fourth-order valence-electron chi connectivity index (χ4n) is 5.70. The van der Waals surface area contributed by atoms with E-state index in [9.17, 15) is 39.8 Å². The number of nitrogens with zero attached hydrogens (tertiary/aromatic N) is 1. The van der Waals surface area contributed by atoms with Crippen LogP contribution in [0.5, 0.6) is 28.7 Å². The van der Waals surface area contributed by atoms with Crippen molar-refractivity contribution in [2.45, 2.75) is 25.7 Å². The number of carbonyl (C=O) groups excluding carboxylic acids is 3. The molecule has 6 N–H and O–H groups in total. The monoisotopic (exact) mass is 988 g/mol. The average Bonchev–Trinajstić information content (AvgIpc) is 3.72. The fourth-order valence-corrected chi connectivity index (χ4v) is 7.16. The lowest BCUT2D eigenvalue weighted by molar-refractivity contribution is -0.385. The number of aromatic hydroxyl groups is 3. The zero-order valence-corrected chi connectivity index (χ0v) is 37.4. The van der Waals surface area contributed by atoms with E-state index in [0.29, 0.717) is 41.3 Å². The number of amides is 3. The van der Waals surface area contributed by atoms with Crippen LogP contribution in [-0.2, 0) is 33.6 Å². The molecule has 0 saturated heterocycles. The van der Waals surface area contributed by atoms with Gasteiger partial charge >= 0.3 is 0 Å². The van der Waals surface area contributed by atoms with E-state index in [1.807, 2.05) is 30.3 Å². The van der Waals surface area contributed by atoms with Crippen LogP contribution in [0.4, 0.5) is 22.7 Å². The SMILES string of the molecule is O=C(CCc1ccccc1)Nc1cc(Cl)c(O)c(Cl)c1.O=C(Cc1ccc2c(c1)OCO2)Nc1cc(Cl)c(O)c(Cl)c1.O=C(Cc1ccccc1[N+](=O)[O-])Nc1cc(Cl)c(O)c(Cl)c1. The Bertz CT molecular complexity index is 2620. The normalized spacial score (nSPS) is 11.0. The number of nitro benzene ring substituents is 1. The molecule has 64 heavy (non-hydrogen) atoms. The van der Waals surface area contributed by atoms with Crippen LogP contribution in [0.1, 0.15) is 23.1 Å². The summed E-state index contributed by atoms with van der Waals surface area (Å²) < 4.78 is 10.5. The fraction of sp³-hybridized carbons (Fsp3) is 0.114. The number of ether oxygens (including phenoxy) is 2. The molecular formula is C44H34Cl6N4O10. The Kier molecular flexibility index (Phi) is 17.6. The van der Waals surface area contributed by atoms with Gasteiger partial charge in [0.25, 0.3) is 5.69 Å². The highest BCUT2D eigenvalue weighted by atomic mass is 35.5. The number of benzene rings is 6. The molecule has 332 valence electrons. The van der Waals surface area contributed by atoms with Crippen molar-refractivity contribution in [3.8, 4) is 28.7 Å². The number of phenols is 3. The van der Waals surface area contributed by atoms with Crippen LogP contribution in [0.25, 0.3) is 0 Å². The van der Waals surface area contributed by atoms with Crippen LogP contribution < -0.4 is 25.4 Å². The summed E-state index contributed by atoms with van der Waals surface area (Å²) in [7, 11) is 0. The molecule has 1 heterocycles. The van der Waals surface area contributed by atoms with E-state index in [0.717, 1.165) is 11.1 Å². The Labute approximate surface area is 395 Å². The summed E-state index contributed by atoms with van der Waals surface area (Å²) in [4.78, 5) is 46.2. The number of phenolic OH excluding ortho intramolecular Hbond substituents is 3. The lowest BCUT2D eigenvalue weighted by Crippen LogP contribution is -2.15.